The van der Waals surface area contributed by atoms with E-state index in [1.54, 1.807) is 11.3 Å². The predicted molar refractivity (Wildman–Crippen MR) is 145 cm³/mol. The molecule has 4 heteroatoms. The van der Waals surface area contributed by atoms with E-state index in [0.29, 0.717) is 11.4 Å². The molecule has 0 amide bonds. The summed E-state index contributed by atoms with van der Waals surface area (Å²) >= 11 is 7.90. The standard InChI is InChI=1S/C31H26ClNOS/c32-25-11-12-26-24(19-25)20-28(34)31-27(15-18-35-31)29(26)21-13-16-33(17-14-21)30(22-7-3-1-4-8-22)23-9-5-2-6-10-23/h1-12,15,18-19,30H,13-14,16-17,20H2. The Labute approximate surface area is 215 Å². The third-order valence-corrected chi connectivity index (χ3v) is 8.42. The van der Waals surface area contributed by atoms with Gasteiger partial charge in [-0.05, 0) is 64.2 Å². The summed E-state index contributed by atoms with van der Waals surface area (Å²) in [7, 11) is 0. The van der Waals surface area contributed by atoms with E-state index in [1.807, 2.05) is 12.1 Å². The molecule has 0 spiro atoms. The Balaban J connectivity index is 1.39. The Morgan fingerprint density at radius 1 is 0.800 bits per heavy atom. The zero-order chi connectivity index (χ0) is 23.8. The summed E-state index contributed by atoms with van der Waals surface area (Å²) in [4.78, 5) is 16.5. The van der Waals surface area contributed by atoms with E-state index in [-0.39, 0.29) is 11.8 Å². The van der Waals surface area contributed by atoms with Crippen molar-refractivity contribution in [1.29, 1.82) is 0 Å². The van der Waals surface area contributed by atoms with Crippen LogP contribution >= 0.6 is 22.9 Å². The van der Waals surface area contributed by atoms with Crippen molar-refractivity contribution in [3.8, 4) is 0 Å². The average Bonchev–Trinajstić information content (AvgIpc) is 3.34. The first kappa shape index (κ1) is 22.5. The lowest BCUT2D eigenvalue weighted by Crippen LogP contribution is -2.35. The fourth-order valence-electron chi connectivity index (χ4n) is 5.64. The highest BCUT2D eigenvalue weighted by atomic mass is 35.5. The van der Waals surface area contributed by atoms with Crippen molar-refractivity contribution in [3.05, 3.63) is 134 Å². The lowest BCUT2D eigenvalue weighted by Gasteiger charge is -2.37. The van der Waals surface area contributed by atoms with Crippen molar-refractivity contribution < 1.29 is 4.79 Å². The number of likely N-dealkylation sites (tertiary alicyclic amines) is 1. The minimum absolute atomic E-state index is 0.194. The predicted octanol–water partition coefficient (Wildman–Crippen LogP) is 7.83. The lowest BCUT2D eigenvalue weighted by atomic mass is 9.86. The molecule has 1 aliphatic carbocycles. The number of carbonyl (C=O) groups is 1. The minimum Gasteiger partial charge on any atom is -0.293 e. The van der Waals surface area contributed by atoms with Crippen LogP contribution in [0.4, 0.5) is 0 Å². The molecule has 0 saturated carbocycles. The van der Waals surface area contributed by atoms with E-state index >= 15 is 0 Å². The molecule has 0 radical (unpaired) electrons. The summed E-state index contributed by atoms with van der Waals surface area (Å²) < 4.78 is 0. The maximum absolute atomic E-state index is 13.1. The molecule has 1 fully saturated rings. The quantitative estimate of drug-likeness (QED) is 0.288. The Hall–Kier alpha value is -2.98. The van der Waals surface area contributed by atoms with Crippen molar-refractivity contribution in [2.24, 2.45) is 0 Å². The molecule has 0 N–H and O–H groups in total. The Bertz CT molecular complexity index is 1360. The molecule has 1 saturated heterocycles. The maximum Gasteiger partial charge on any atom is 0.177 e. The number of hydrogen-bond donors (Lipinski definition) is 0. The van der Waals surface area contributed by atoms with Gasteiger partial charge in [0.2, 0.25) is 0 Å². The number of piperidine rings is 1. The van der Waals surface area contributed by atoms with E-state index in [9.17, 15) is 4.79 Å². The SMILES string of the molecule is O=C1Cc2cc(Cl)ccc2C(=C2CCN(C(c3ccccc3)c3ccccc3)CC2)c2ccsc21. The molecule has 2 nitrogen and oxygen atoms in total. The Morgan fingerprint density at radius 3 is 2.11 bits per heavy atom. The minimum atomic E-state index is 0.194. The molecule has 0 atom stereocenters. The first-order valence-corrected chi connectivity index (χ1v) is 13.4. The van der Waals surface area contributed by atoms with E-state index in [4.69, 9.17) is 11.6 Å². The van der Waals surface area contributed by atoms with Gasteiger partial charge in [0.15, 0.2) is 5.78 Å². The number of thiophene rings is 1. The van der Waals surface area contributed by atoms with Crippen LogP contribution in [0, 0.1) is 0 Å². The Kier molecular flexibility index (Phi) is 6.15. The number of carbonyl (C=O) groups excluding carboxylic acids is 1. The van der Waals surface area contributed by atoms with Crippen LogP contribution < -0.4 is 0 Å². The molecular weight excluding hydrogens is 470 g/mol. The zero-order valence-corrected chi connectivity index (χ0v) is 21.0. The van der Waals surface area contributed by atoms with E-state index in [2.05, 4.69) is 83.1 Å². The summed E-state index contributed by atoms with van der Waals surface area (Å²) in [6.45, 7) is 1.95. The molecule has 0 bridgehead atoms. The molecule has 3 aromatic carbocycles. The molecule has 4 aromatic rings. The highest BCUT2D eigenvalue weighted by Crippen LogP contribution is 2.42. The zero-order valence-electron chi connectivity index (χ0n) is 19.4. The molecule has 2 heterocycles. The van der Waals surface area contributed by atoms with Crippen molar-refractivity contribution in [1.82, 2.24) is 4.90 Å². The third kappa shape index (κ3) is 4.29. The molecule has 35 heavy (non-hydrogen) atoms. The first-order valence-electron chi connectivity index (χ1n) is 12.1. The second kappa shape index (κ2) is 9.58. The van der Waals surface area contributed by atoms with Crippen LogP contribution in [0.2, 0.25) is 5.02 Å². The molecule has 1 aromatic heterocycles. The maximum atomic E-state index is 13.1. The Morgan fingerprint density at radius 2 is 1.46 bits per heavy atom. The number of benzene rings is 3. The van der Waals surface area contributed by atoms with Crippen LogP contribution in [-0.2, 0) is 6.42 Å². The average molecular weight is 496 g/mol. The highest BCUT2D eigenvalue weighted by Gasteiger charge is 2.30. The molecule has 174 valence electrons. The first-order chi connectivity index (χ1) is 17.2. The summed E-state index contributed by atoms with van der Waals surface area (Å²) in [6.07, 6.45) is 2.38. The van der Waals surface area contributed by atoms with Gasteiger partial charge in [0.25, 0.3) is 0 Å². The number of fused-ring (bicyclic) bond motifs is 2. The van der Waals surface area contributed by atoms with Gasteiger partial charge in [0.05, 0.1) is 10.9 Å². The molecule has 2 aliphatic rings. The second-order valence-corrected chi connectivity index (χ2v) is 10.7. The lowest BCUT2D eigenvalue weighted by molar-refractivity contribution is 0.0997. The van der Waals surface area contributed by atoms with Gasteiger partial charge in [-0.2, -0.15) is 0 Å². The topological polar surface area (TPSA) is 20.3 Å². The smallest absolute Gasteiger partial charge is 0.177 e. The third-order valence-electron chi connectivity index (χ3n) is 7.23. The summed E-state index contributed by atoms with van der Waals surface area (Å²) in [6, 6.07) is 30.0. The van der Waals surface area contributed by atoms with Crippen molar-refractivity contribution in [3.63, 3.8) is 0 Å². The number of hydrogen-bond acceptors (Lipinski definition) is 3. The van der Waals surface area contributed by atoms with Gasteiger partial charge in [-0.15, -0.1) is 11.3 Å². The van der Waals surface area contributed by atoms with E-state index in [1.165, 1.54) is 27.8 Å². The largest absolute Gasteiger partial charge is 0.293 e. The van der Waals surface area contributed by atoms with Gasteiger partial charge in [-0.3, -0.25) is 9.69 Å². The second-order valence-electron chi connectivity index (χ2n) is 9.30. The van der Waals surface area contributed by atoms with Crippen LogP contribution in [0.1, 0.15) is 56.4 Å². The van der Waals surface area contributed by atoms with Gasteiger partial charge in [0, 0.05) is 30.1 Å². The fourth-order valence-corrected chi connectivity index (χ4v) is 6.68. The molecule has 0 unspecified atom stereocenters. The van der Waals surface area contributed by atoms with Gasteiger partial charge >= 0.3 is 0 Å². The van der Waals surface area contributed by atoms with Crippen LogP contribution in [0.25, 0.3) is 5.57 Å². The van der Waals surface area contributed by atoms with Crippen LogP contribution in [-0.4, -0.2) is 23.8 Å². The summed E-state index contributed by atoms with van der Waals surface area (Å²) in [5.41, 5.74) is 8.68. The van der Waals surface area contributed by atoms with Gasteiger partial charge < -0.3 is 0 Å². The van der Waals surface area contributed by atoms with Crippen LogP contribution in [0.3, 0.4) is 0 Å². The number of Topliss-reactive ketones (excluding diaryl/α,β-unsaturated/α-hetero) is 1. The summed E-state index contributed by atoms with van der Waals surface area (Å²) in [5.74, 6) is 0.194. The fraction of sp³-hybridized carbons (Fsp3) is 0.194. The molecule has 6 rings (SSSR count). The number of rotatable bonds is 3. The van der Waals surface area contributed by atoms with Crippen LogP contribution in [0.15, 0.2) is 95.9 Å². The van der Waals surface area contributed by atoms with E-state index in [0.717, 1.165) is 41.9 Å². The van der Waals surface area contributed by atoms with Gasteiger partial charge in [0.1, 0.15) is 0 Å². The molecule has 1 aliphatic heterocycles. The van der Waals surface area contributed by atoms with Crippen molar-refractivity contribution in [2.45, 2.75) is 25.3 Å². The summed E-state index contributed by atoms with van der Waals surface area (Å²) in [5, 5.41) is 2.74. The van der Waals surface area contributed by atoms with E-state index < -0.39 is 0 Å². The monoisotopic (exact) mass is 495 g/mol. The number of halogens is 1. The van der Waals surface area contributed by atoms with Crippen LogP contribution in [0.5, 0.6) is 0 Å². The number of nitrogens with zero attached hydrogens (tertiary/aromatic N) is 1. The van der Waals surface area contributed by atoms with Crippen molar-refractivity contribution >= 4 is 34.3 Å². The highest BCUT2D eigenvalue weighted by molar-refractivity contribution is 7.12. The van der Waals surface area contributed by atoms with Crippen molar-refractivity contribution in [2.75, 3.05) is 13.1 Å². The molecular formula is C31H26ClNOS. The normalized spacial score (nSPS) is 16.2. The van der Waals surface area contributed by atoms with Gasteiger partial charge in [-0.1, -0.05) is 83.9 Å². The number of ketones is 1. The van der Waals surface area contributed by atoms with Gasteiger partial charge in [-0.25, -0.2) is 0 Å².